The molecule has 0 heterocycles. The number of benzene rings is 3. The first-order chi connectivity index (χ1) is 14.3. The van der Waals surface area contributed by atoms with Crippen molar-refractivity contribution < 1.29 is 28.2 Å². The third-order valence-corrected chi connectivity index (χ3v) is 6.55. The minimum Gasteiger partial charge on any atom is -0.507 e. The lowest BCUT2D eigenvalue weighted by molar-refractivity contribution is 0.0693. The molecule has 1 unspecified atom stereocenters. The zero-order chi connectivity index (χ0) is 21.7. The van der Waals surface area contributed by atoms with E-state index in [0.29, 0.717) is 0 Å². The summed E-state index contributed by atoms with van der Waals surface area (Å²) in [6.45, 7) is 1.92. The van der Waals surface area contributed by atoms with Crippen LogP contribution in [0.5, 0.6) is 11.5 Å². The van der Waals surface area contributed by atoms with Crippen LogP contribution >= 0.6 is 0 Å². The van der Waals surface area contributed by atoms with Gasteiger partial charge in [-0.3, -0.25) is 0 Å². The molecule has 0 aliphatic heterocycles. The average Bonchev–Trinajstić information content (AvgIpc) is 2.72. The number of carboxylic acid groups (broad SMARTS) is 1. The van der Waals surface area contributed by atoms with Crippen molar-refractivity contribution in [3.8, 4) is 11.5 Å². The number of hydrogen-bond donors (Lipinski definition) is 2. The predicted octanol–water partition coefficient (Wildman–Crippen LogP) is 4.04. The highest BCUT2D eigenvalue weighted by Gasteiger charge is 2.24. The smallest absolute Gasteiger partial charge is 0.339 e. The summed E-state index contributed by atoms with van der Waals surface area (Å²) in [5.41, 5.74) is 1.49. The molecule has 0 radical (unpaired) electrons. The highest BCUT2D eigenvalue weighted by Crippen LogP contribution is 2.26. The number of sulfone groups is 1. The second kappa shape index (κ2) is 9.00. The van der Waals surface area contributed by atoms with Crippen LogP contribution in [0, 0.1) is 6.92 Å². The Labute approximate surface area is 175 Å². The van der Waals surface area contributed by atoms with Crippen LogP contribution in [0.4, 0.5) is 0 Å². The molecule has 3 rings (SSSR count). The lowest BCUT2D eigenvalue weighted by Gasteiger charge is -2.19. The summed E-state index contributed by atoms with van der Waals surface area (Å²) in [5, 5.41) is 18.8. The zero-order valence-electron chi connectivity index (χ0n) is 16.4. The molecule has 0 amide bonds. The molecule has 156 valence electrons. The van der Waals surface area contributed by atoms with Crippen molar-refractivity contribution in [2.24, 2.45) is 0 Å². The molecule has 3 aromatic carbocycles. The second-order valence-electron chi connectivity index (χ2n) is 7.00. The van der Waals surface area contributed by atoms with Crippen LogP contribution in [0.1, 0.15) is 27.4 Å². The van der Waals surface area contributed by atoms with E-state index in [1.54, 1.807) is 24.3 Å². The number of aromatic carboxylic acids is 1. The van der Waals surface area contributed by atoms with Crippen LogP contribution in [0.3, 0.4) is 0 Å². The van der Waals surface area contributed by atoms with Gasteiger partial charge in [0, 0.05) is 5.92 Å². The fourth-order valence-electron chi connectivity index (χ4n) is 3.05. The molecule has 30 heavy (non-hydrogen) atoms. The highest BCUT2D eigenvalue weighted by molar-refractivity contribution is 7.91. The van der Waals surface area contributed by atoms with E-state index in [1.807, 2.05) is 37.3 Å². The molecule has 3 aromatic rings. The molecular weight excluding hydrogens is 404 g/mol. The quantitative estimate of drug-likeness (QED) is 0.564. The number of aromatic hydroxyl groups is 1. The van der Waals surface area contributed by atoms with Crippen molar-refractivity contribution in [1.82, 2.24) is 0 Å². The van der Waals surface area contributed by atoms with Gasteiger partial charge in [0.15, 0.2) is 9.84 Å². The first-order valence-corrected chi connectivity index (χ1v) is 10.9. The van der Waals surface area contributed by atoms with Gasteiger partial charge in [0.25, 0.3) is 0 Å². The van der Waals surface area contributed by atoms with Gasteiger partial charge in [-0.1, -0.05) is 48.0 Å². The lowest BCUT2D eigenvalue weighted by Crippen LogP contribution is -2.21. The van der Waals surface area contributed by atoms with Crippen LogP contribution in [0.15, 0.2) is 77.7 Å². The predicted molar refractivity (Wildman–Crippen MR) is 113 cm³/mol. The summed E-state index contributed by atoms with van der Waals surface area (Å²) in [5.74, 6) is -2.04. The van der Waals surface area contributed by atoms with Gasteiger partial charge in [0.05, 0.1) is 17.3 Å². The standard InChI is InChI=1S/C23H22O6S/c1-16-7-10-20(11-8-16)30(27,28)15-18(17-5-3-2-4-6-17)14-29-19-9-12-22(24)21(13-19)23(25)26/h2-13,18,24H,14-15H2,1H3,(H,25,26). The van der Waals surface area contributed by atoms with E-state index in [4.69, 9.17) is 9.84 Å². The molecule has 0 saturated heterocycles. The first-order valence-electron chi connectivity index (χ1n) is 9.30. The van der Waals surface area contributed by atoms with Gasteiger partial charge in [-0.15, -0.1) is 0 Å². The largest absolute Gasteiger partial charge is 0.507 e. The van der Waals surface area contributed by atoms with Crippen molar-refractivity contribution in [2.45, 2.75) is 17.7 Å². The van der Waals surface area contributed by atoms with E-state index in [9.17, 15) is 18.3 Å². The Bertz CT molecular complexity index is 1120. The molecule has 0 fully saturated rings. The number of hydrogen-bond acceptors (Lipinski definition) is 5. The maximum absolute atomic E-state index is 13.0. The third-order valence-electron chi connectivity index (χ3n) is 4.72. The highest BCUT2D eigenvalue weighted by atomic mass is 32.2. The Hall–Kier alpha value is -3.32. The van der Waals surface area contributed by atoms with Crippen LogP contribution in [0.2, 0.25) is 0 Å². The molecule has 2 N–H and O–H groups in total. The van der Waals surface area contributed by atoms with E-state index in [-0.39, 0.29) is 34.3 Å². The molecule has 1 atom stereocenters. The van der Waals surface area contributed by atoms with Gasteiger partial charge in [-0.05, 0) is 42.8 Å². The van der Waals surface area contributed by atoms with Crippen molar-refractivity contribution in [1.29, 1.82) is 0 Å². The number of ether oxygens (including phenoxy) is 1. The monoisotopic (exact) mass is 426 g/mol. The van der Waals surface area contributed by atoms with Crippen LogP contribution in [-0.4, -0.2) is 37.0 Å². The lowest BCUT2D eigenvalue weighted by atomic mass is 10.0. The second-order valence-corrected chi connectivity index (χ2v) is 9.03. The number of carboxylic acids is 1. The molecule has 6 nitrogen and oxygen atoms in total. The van der Waals surface area contributed by atoms with Crippen LogP contribution in [0.25, 0.3) is 0 Å². The maximum atomic E-state index is 13.0. The zero-order valence-corrected chi connectivity index (χ0v) is 17.2. The van der Waals surface area contributed by atoms with E-state index in [0.717, 1.165) is 11.1 Å². The molecule has 7 heteroatoms. The van der Waals surface area contributed by atoms with Gasteiger partial charge in [0.1, 0.15) is 17.1 Å². The van der Waals surface area contributed by atoms with E-state index in [1.165, 1.54) is 18.2 Å². The Balaban J connectivity index is 1.84. The molecule has 0 aliphatic rings. The van der Waals surface area contributed by atoms with E-state index >= 15 is 0 Å². The Morgan fingerprint density at radius 2 is 1.67 bits per heavy atom. The van der Waals surface area contributed by atoms with Gasteiger partial charge >= 0.3 is 5.97 Å². The molecule has 0 aliphatic carbocycles. The Morgan fingerprint density at radius 3 is 2.30 bits per heavy atom. The van der Waals surface area contributed by atoms with Gasteiger partial charge in [-0.2, -0.15) is 0 Å². The van der Waals surface area contributed by atoms with Gasteiger partial charge in [0.2, 0.25) is 0 Å². The minimum atomic E-state index is -3.57. The van der Waals surface area contributed by atoms with Crippen molar-refractivity contribution >= 4 is 15.8 Å². The number of aryl methyl sites for hydroxylation is 1. The summed E-state index contributed by atoms with van der Waals surface area (Å²) in [7, 11) is -3.57. The normalized spacial score (nSPS) is 12.3. The molecule has 0 spiro atoms. The SMILES string of the molecule is Cc1ccc(S(=O)(=O)CC(COc2ccc(O)c(C(=O)O)c2)c2ccccc2)cc1. The maximum Gasteiger partial charge on any atom is 0.339 e. The number of rotatable bonds is 8. The average molecular weight is 426 g/mol. The fourth-order valence-corrected chi connectivity index (χ4v) is 4.61. The van der Waals surface area contributed by atoms with Gasteiger partial charge < -0.3 is 14.9 Å². The molecule has 0 saturated carbocycles. The summed E-state index contributed by atoms with van der Waals surface area (Å²) >= 11 is 0. The third kappa shape index (κ3) is 5.18. The van der Waals surface area contributed by atoms with Crippen LogP contribution < -0.4 is 4.74 Å². The summed E-state index contributed by atoms with van der Waals surface area (Å²) in [4.78, 5) is 11.4. The van der Waals surface area contributed by atoms with E-state index < -0.39 is 21.7 Å². The molecule has 0 aromatic heterocycles. The minimum absolute atomic E-state index is 0.0267. The van der Waals surface area contributed by atoms with Crippen molar-refractivity contribution in [2.75, 3.05) is 12.4 Å². The molecule has 0 bridgehead atoms. The summed E-state index contributed by atoms with van der Waals surface area (Å²) < 4.78 is 31.7. The van der Waals surface area contributed by atoms with Gasteiger partial charge in [-0.25, -0.2) is 13.2 Å². The summed E-state index contributed by atoms with van der Waals surface area (Å²) in [6, 6.07) is 19.7. The first kappa shape index (κ1) is 21.4. The van der Waals surface area contributed by atoms with Crippen molar-refractivity contribution in [3.05, 3.63) is 89.5 Å². The Kier molecular flexibility index (Phi) is 6.42. The number of carbonyl (C=O) groups is 1. The topological polar surface area (TPSA) is 101 Å². The van der Waals surface area contributed by atoms with Crippen molar-refractivity contribution in [3.63, 3.8) is 0 Å². The van der Waals surface area contributed by atoms with Crippen LogP contribution in [-0.2, 0) is 9.84 Å². The Morgan fingerprint density at radius 1 is 1.00 bits per heavy atom. The number of phenols is 1. The summed E-state index contributed by atoms with van der Waals surface area (Å²) in [6.07, 6.45) is 0. The molecular formula is C23H22O6S. The fraction of sp³-hybridized carbons (Fsp3) is 0.174. The van der Waals surface area contributed by atoms with E-state index in [2.05, 4.69) is 0 Å².